The SMILES string of the molecule is O=C(CN(CCO)CCO)Nc1ccccc1Br. The van der Waals surface area contributed by atoms with Crippen molar-refractivity contribution in [3.63, 3.8) is 0 Å². The van der Waals surface area contributed by atoms with Crippen LogP contribution in [0.4, 0.5) is 5.69 Å². The summed E-state index contributed by atoms with van der Waals surface area (Å²) in [6.07, 6.45) is 0. The van der Waals surface area contributed by atoms with E-state index in [-0.39, 0.29) is 25.7 Å². The van der Waals surface area contributed by atoms with Gasteiger partial charge >= 0.3 is 0 Å². The van der Waals surface area contributed by atoms with Crippen molar-refractivity contribution < 1.29 is 15.0 Å². The smallest absolute Gasteiger partial charge is 0.238 e. The number of halogens is 1. The Morgan fingerprint density at radius 3 is 2.39 bits per heavy atom. The van der Waals surface area contributed by atoms with Crippen LogP contribution in [0.15, 0.2) is 28.7 Å². The molecule has 0 aliphatic heterocycles. The largest absolute Gasteiger partial charge is 0.395 e. The molecule has 1 aromatic rings. The van der Waals surface area contributed by atoms with Crippen molar-refractivity contribution in [3.05, 3.63) is 28.7 Å². The Labute approximate surface area is 115 Å². The van der Waals surface area contributed by atoms with Gasteiger partial charge in [-0.3, -0.25) is 9.69 Å². The second kappa shape index (κ2) is 8.20. The minimum atomic E-state index is -0.177. The number of para-hydroxylation sites is 1. The number of nitrogens with zero attached hydrogens (tertiary/aromatic N) is 1. The van der Waals surface area contributed by atoms with Crippen LogP contribution in [0.3, 0.4) is 0 Å². The van der Waals surface area contributed by atoms with Crippen LogP contribution in [0.1, 0.15) is 0 Å². The summed E-state index contributed by atoms with van der Waals surface area (Å²) in [7, 11) is 0. The van der Waals surface area contributed by atoms with Gasteiger partial charge < -0.3 is 15.5 Å². The zero-order chi connectivity index (χ0) is 13.4. The van der Waals surface area contributed by atoms with E-state index >= 15 is 0 Å². The molecule has 1 rings (SSSR count). The van der Waals surface area contributed by atoms with Crippen LogP contribution in [0.25, 0.3) is 0 Å². The van der Waals surface area contributed by atoms with Gasteiger partial charge in [-0.1, -0.05) is 12.1 Å². The van der Waals surface area contributed by atoms with Gasteiger partial charge in [-0.2, -0.15) is 0 Å². The van der Waals surface area contributed by atoms with Crippen molar-refractivity contribution in [1.82, 2.24) is 4.90 Å². The second-order valence-electron chi connectivity index (χ2n) is 3.75. The van der Waals surface area contributed by atoms with Gasteiger partial charge in [0, 0.05) is 17.6 Å². The van der Waals surface area contributed by atoms with Crippen molar-refractivity contribution in [1.29, 1.82) is 0 Å². The maximum absolute atomic E-state index is 11.8. The normalized spacial score (nSPS) is 10.7. The number of aliphatic hydroxyl groups is 2. The average molecular weight is 317 g/mol. The van der Waals surface area contributed by atoms with Crippen LogP contribution in [0, 0.1) is 0 Å². The van der Waals surface area contributed by atoms with Crippen molar-refractivity contribution in [2.24, 2.45) is 0 Å². The lowest BCUT2D eigenvalue weighted by atomic mass is 10.3. The van der Waals surface area contributed by atoms with Crippen LogP contribution in [0.2, 0.25) is 0 Å². The number of amides is 1. The van der Waals surface area contributed by atoms with Crippen LogP contribution < -0.4 is 5.32 Å². The molecule has 0 heterocycles. The molecular weight excluding hydrogens is 300 g/mol. The van der Waals surface area contributed by atoms with E-state index in [2.05, 4.69) is 21.2 Å². The van der Waals surface area contributed by atoms with Crippen molar-refractivity contribution in [2.75, 3.05) is 38.2 Å². The molecule has 0 unspecified atom stereocenters. The minimum absolute atomic E-state index is 0.0394. The van der Waals surface area contributed by atoms with Crippen LogP contribution >= 0.6 is 15.9 Å². The summed E-state index contributed by atoms with van der Waals surface area (Å²) in [6, 6.07) is 7.34. The highest BCUT2D eigenvalue weighted by Gasteiger charge is 2.10. The molecule has 3 N–H and O–H groups in total. The molecule has 0 aliphatic rings. The topological polar surface area (TPSA) is 72.8 Å². The van der Waals surface area contributed by atoms with Gasteiger partial charge in [0.2, 0.25) is 5.91 Å². The van der Waals surface area contributed by atoms with Gasteiger partial charge in [0.1, 0.15) is 0 Å². The molecule has 100 valence electrons. The zero-order valence-corrected chi connectivity index (χ0v) is 11.6. The Balaban J connectivity index is 2.52. The molecule has 0 spiro atoms. The first-order valence-electron chi connectivity index (χ1n) is 5.66. The molecule has 0 aromatic heterocycles. The number of aliphatic hydroxyl groups excluding tert-OH is 2. The number of benzene rings is 1. The lowest BCUT2D eigenvalue weighted by Gasteiger charge is -2.19. The molecule has 0 bridgehead atoms. The third-order valence-corrected chi connectivity index (χ3v) is 3.04. The first-order valence-corrected chi connectivity index (χ1v) is 6.45. The Morgan fingerprint density at radius 1 is 1.22 bits per heavy atom. The molecule has 18 heavy (non-hydrogen) atoms. The summed E-state index contributed by atoms with van der Waals surface area (Å²) in [5, 5.41) is 20.5. The predicted octanol–water partition coefficient (Wildman–Crippen LogP) is 0.674. The first-order chi connectivity index (χ1) is 8.67. The summed E-state index contributed by atoms with van der Waals surface area (Å²) < 4.78 is 0.814. The van der Waals surface area contributed by atoms with Gasteiger partial charge in [0.15, 0.2) is 0 Å². The molecule has 0 fully saturated rings. The van der Waals surface area contributed by atoms with Gasteiger partial charge in [-0.15, -0.1) is 0 Å². The van der Waals surface area contributed by atoms with Crippen molar-refractivity contribution in [2.45, 2.75) is 0 Å². The Hall–Kier alpha value is -0.950. The number of anilines is 1. The summed E-state index contributed by atoms with van der Waals surface area (Å²) in [5.41, 5.74) is 0.704. The van der Waals surface area contributed by atoms with E-state index in [0.29, 0.717) is 18.8 Å². The average Bonchev–Trinajstić information content (AvgIpc) is 2.33. The fourth-order valence-electron chi connectivity index (χ4n) is 1.51. The standard InChI is InChI=1S/C12H17BrN2O3/c13-10-3-1-2-4-11(10)14-12(18)9-15(5-7-16)6-8-17/h1-4,16-17H,5-9H2,(H,14,18). The number of rotatable bonds is 7. The maximum Gasteiger partial charge on any atom is 0.238 e. The van der Waals surface area contributed by atoms with E-state index in [1.165, 1.54) is 0 Å². The highest BCUT2D eigenvalue weighted by molar-refractivity contribution is 9.10. The van der Waals surface area contributed by atoms with Crippen LogP contribution in [-0.4, -0.2) is 53.9 Å². The van der Waals surface area contributed by atoms with Gasteiger partial charge in [0.05, 0.1) is 25.4 Å². The summed E-state index contributed by atoms with van der Waals surface area (Å²) >= 11 is 3.34. The lowest BCUT2D eigenvalue weighted by molar-refractivity contribution is -0.117. The van der Waals surface area contributed by atoms with Gasteiger partial charge in [-0.05, 0) is 28.1 Å². The van der Waals surface area contributed by atoms with Crippen LogP contribution in [-0.2, 0) is 4.79 Å². The lowest BCUT2D eigenvalue weighted by Crippen LogP contribution is -2.37. The molecule has 1 amide bonds. The molecule has 0 saturated carbocycles. The van der Waals surface area contributed by atoms with Gasteiger partial charge in [-0.25, -0.2) is 0 Å². The predicted molar refractivity (Wildman–Crippen MR) is 73.4 cm³/mol. The Kier molecular flexibility index (Phi) is 6.89. The second-order valence-corrected chi connectivity index (χ2v) is 4.61. The summed E-state index contributed by atoms with van der Waals surface area (Å²) in [4.78, 5) is 13.5. The van der Waals surface area contributed by atoms with Gasteiger partial charge in [0.25, 0.3) is 0 Å². The van der Waals surface area contributed by atoms with E-state index in [1.54, 1.807) is 11.0 Å². The third-order valence-electron chi connectivity index (χ3n) is 2.35. The summed E-state index contributed by atoms with van der Waals surface area (Å²) in [5.74, 6) is -0.177. The van der Waals surface area contributed by atoms with Crippen LogP contribution in [0.5, 0.6) is 0 Å². The van der Waals surface area contributed by atoms with E-state index in [1.807, 2.05) is 18.2 Å². The van der Waals surface area contributed by atoms with E-state index in [9.17, 15) is 4.79 Å². The molecule has 0 atom stereocenters. The number of nitrogens with one attached hydrogen (secondary N) is 1. The number of hydrogen-bond acceptors (Lipinski definition) is 4. The number of hydrogen-bond donors (Lipinski definition) is 3. The molecule has 0 radical (unpaired) electrons. The summed E-state index contributed by atoms with van der Waals surface area (Å²) in [6.45, 7) is 0.793. The quantitative estimate of drug-likeness (QED) is 0.691. The van der Waals surface area contributed by atoms with E-state index < -0.39 is 0 Å². The molecule has 0 saturated heterocycles. The van der Waals surface area contributed by atoms with Crippen molar-refractivity contribution >= 4 is 27.5 Å². The molecular formula is C12H17BrN2O3. The first kappa shape index (κ1) is 15.1. The maximum atomic E-state index is 11.8. The highest BCUT2D eigenvalue weighted by Crippen LogP contribution is 2.20. The molecule has 1 aromatic carbocycles. The number of carbonyl (C=O) groups excluding carboxylic acids is 1. The number of carbonyl (C=O) groups is 1. The fourth-order valence-corrected chi connectivity index (χ4v) is 1.89. The Morgan fingerprint density at radius 2 is 1.83 bits per heavy atom. The highest BCUT2D eigenvalue weighted by atomic mass is 79.9. The Bertz CT molecular complexity index is 381. The minimum Gasteiger partial charge on any atom is -0.395 e. The van der Waals surface area contributed by atoms with E-state index in [0.717, 1.165) is 4.47 Å². The monoisotopic (exact) mass is 316 g/mol. The fraction of sp³-hybridized carbons (Fsp3) is 0.417. The molecule has 5 nitrogen and oxygen atoms in total. The van der Waals surface area contributed by atoms with E-state index in [4.69, 9.17) is 10.2 Å². The third kappa shape index (κ3) is 5.14. The molecule has 6 heteroatoms. The van der Waals surface area contributed by atoms with Crippen molar-refractivity contribution in [3.8, 4) is 0 Å². The molecule has 0 aliphatic carbocycles. The zero-order valence-electron chi connectivity index (χ0n) is 9.97.